The van der Waals surface area contributed by atoms with E-state index in [9.17, 15) is 0 Å². The quantitative estimate of drug-likeness (QED) is 0.796. The number of rotatable bonds is 3. The Kier molecular flexibility index (Phi) is 4.30. The third-order valence-corrected chi connectivity index (χ3v) is 4.17. The van der Waals surface area contributed by atoms with E-state index in [0.29, 0.717) is 6.61 Å². The van der Waals surface area contributed by atoms with E-state index in [1.165, 1.54) is 5.56 Å². The van der Waals surface area contributed by atoms with Gasteiger partial charge in [-0.05, 0) is 62.5 Å². The molecule has 0 aliphatic rings. The molecular formula is C14H13Br2NO. The number of hydrogen-bond donors (Lipinski definition) is 1. The summed E-state index contributed by atoms with van der Waals surface area (Å²) in [7, 11) is 0. The van der Waals surface area contributed by atoms with E-state index in [-0.39, 0.29) is 0 Å². The summed E-state index contributed by atoms with van der Waals surface area (Å²) in [5, 5.41) is 0. The fraction of sp³-hybridized carbons (Fsp3) is 0.143. The predicted molar refractivity (Wildman–Crippen MR) is 81.8 cm³/mol. The number of benzene rings is 2. The van der Waals surface area contributed by atoms with Crippen molar-refractivity contribution in [2.75, 3.05) is 5.73 Å². The van der Waals surface area contributed by atoms with Crippen molar-refractivity contribution >= 4 is 37.5 Å². The van der Waals surface area contributed by atoms with E-state index in [4.69, 9.17) is 10.5 Å². The smallest absolute Gasteiger partial charge is 0.134 e. The fourth-order valence-electron chi connectivity index (χ4n) is 1.59. The number of aryl methyl sites for hydroxylation is 1. The zero-order valence-electron chi connectivity index (χ0n) is 9.91. The van der Waals surface area contributed by atoms with E-state index in [0.717, 1.165) is 25.9 Å². The van der Waals surface area contributed by atoms with Gasteiger partial charge in [-0.1, -0.05) is 18.2 Å². The number of nitrogens with two attached hydrogens (primary N) is 1. The van der Waals surface area contributed by atoms with Crippen molar-refractivity contribution in [2.24, 2.45) is 0 Å². The van der Waals surface area contributed by atoms with Crippen LogP contribution in [0.1, 0.15) is 11.1 Å². The molecule has 18 heavy (non-hydrogen) atoms. The molecule has 2 N–H and O–H groups in total. The second-order valence-corrected chi connectivity index (χ2v) is 5.69. The summed E-state index contributed by atoms with van der Waals surface area (Å²) in [5.41, 5.74) is 8.77. The van der Waals surface area contributed by atoms with E-state index in [2.05, 4.69) is 31.9 Å². The van der Waals surface area contributed by atoms with Gasteiger partial charge < -0.3 is 10.5 Å². The van der Waals surface area contributed by atoms with Gasteiger partial charge in [-0.3, -0.25) is 0 Å². The van der Waals surface area contributed by atoms with Crippen LogP contribution in [0.5, 0.6) is 5.75 Å². The Balaban J connectivity index is 2.14. The minimum atomic E-state index is 0.479. The second-order valence-electron chi connectivity index (χ2n) is 4.04. The van der Waals surface area contributed by atoms with Gasteiger partial charge in [0, 0.05) is 15.7 Å². The van der Waals surface area contributed by atoms with Gasteiger partial charge >= 0.3 is 0 Å². The molecule has 2 aromatic carbocycles. The Morgan fingerprint density at radius 2 is 1.94 bits per heavy atom. The highest BCUT2D eigenvalue weighted by Gasteiger charge is 2.06. The molecule has 0 fully saturated rings. The Labute approximate surface area is 123 Å². The van der Waals surface area contributed by atoms with Crippen molar-refractivity contribution in [3.05, 3.63) is 56.5 Å². The van der Waals surface area contributed by atoms with Crippen LogP contribution in [0.3, 0.4) is 0 Å². The normalized spacial score (nSPS) is 10.4. The molecule has 2 nitrogen and oxygen atoms in total. The van der Waals surface area contributed by atoms with Gasteiger partial charge in [0.15, 0.2) is 0 Å². The molecule has 0 heterocycles. The summed E-state index contributed by atoms with van der Waals surface area (Å²) in [6, 6.07) is 11.8. The number of nitrogen functional groups attached to an aromatic ring is 1. The van der Waals surface area contributed by atoms with Crippen LogP contribution < -0.4 is 10.5 Å². The number of anilines is 1. The first kappa shape index (κ1) is 13.4. The Hall–Kier alpha value is -1.000. The molecule has 0 unspecified atom stereocenters. The summed E-state index contributed by atoms with van der Waals surface area (Å²) < 4.78 is 7.64. The van der Waals surface area contributed by atoms with Gasteiger partial charge in [-0.25, -0.2) is 0 Å². The van der Waals surface area contributed by atoms with Gasteiger partial charge in [0.25, 0.3) is 0 Å². The minimum absolute atomic E-state index is 0.479. The predicted octanol–water partition coefficient (Wildman–Crippen LogP) is 4.68. The highest BCUT2D eigenvalue weighted by molar-refractivity contribution is 9.11. The SMILES string of the molecule is Cc1ccc(OCc2cccc(N)c2Br)c(Br)c1. The molecule has 0 saturated carbocycles. The number of halogens is 2. The lowest BCUT2D eigenvalue weighted by atomic mass is 10.2. The third-order valence-electron chi connectivity index (χ3n) is 2.58. The Bertz CT molecular complexity index is 570. The van der Waals surface area contributed by atoms with Gasteiger partial charge in [0.2, 0.25) is 0 Å². The van der Waals surface area contributed by atoms with E-state index >= 15 is 0 Å². The maximum absolute atomic E-state index is 5.83. The molecule has 0 aliphatic heterocycles. The fourth-order valence-corrected chi connectivity index (χ4v) is 2.58. The zero-order chi connectivity index (χ0) is 13.1. The maximum atomic E-state index is 5.83. The molecule has 0 saturated heterocycles. The number of ether oxygens (including phenoxy) is 1. The highest BCUT2D eigenvalue weighted by atomic mass is 79.9. The number of hydrogen-bond acceptors (Lipinski definition) is 2. The lowest BCUT2D eigenvalue weighted by Gasteiger charge is -2.11. The lowest BCUT2D eigenvalue weighted by Crippen LogP contribution is -1.99. The standard InChI is InChI=1S/C14H13Br2NO/c1-9-5-6-13(11(15)7-9)18-8-10-3-2-4-12(17)14(10)16/h2-7H,8,17H2,1H3. The van der Waals surface area contributed by atoms with E-state index in [1.54, 1.807) is 0 Å². The van der Waals surface area contributed by atoms with Crippen LogP contribution >= 0.6 is 31.9 Å². The van der Waals surface area contributed by atoms with Crippen LogP contribution in [-0.4, -0.2) is 0 Å². The molecule has 0 bridgehead atoms. The average Bonchev–Trinajstić information content (AvgIpc) is 2.33. The molecule has 0 aliphatic carbocycles. The van der Waals surface area contributed by atoms with Crippen molar-refractivity contribution in [2.45, 2.75) is 13.5 Å². The molecule has 4 heteroatoms. The lowest BCUT2D eigenvalue weighted by molar-refractivity contribution is 0.303. The van der Waals surface area contributed by atoms with Crippen molar-refractivity contribution in [1.29, 1.82) is 0 Å². The average molecular weight is 371 g/mol. The van der Waals surface area contributed by atoms with Crippen LogP contribution in [0.2, 0.25) is 0 Å². The van der Waals surface area contributed by atoms with Crippen molar-refractivity contribution in [3.63, 3.8) is 0 Å². The monoisotopic (exact) mass is 369 g/mol. The summed E-state index contributed by atoms with van der Waals surface area (Å²) in [4.78, 5) is 0. The van der Waals surface area contributed by atoms with Crippen LogP contribution in [0.15, 0.2) is 45.3 Å². The highest BCUT2D eigenvalue weighted by Crippen LogP contribution is 2.29. The molecule has 94 valence electrons. The topological polar surface area (TPSA) is 35.2 Å². The summed E-state index contributed by atoms with van der Waals surface area (Å²) in [6.45, 7) is 2.52. The largest absolute Gasteiger partial charge is 0.488 e. The summed E-state index contributed by atoms with van der Waals surface area (Å²) in [6.07, 6.45) is 0. The molecule has 0 spiro atoms. The molecule has 0 amide bonds. The van der Waals surface area contributed by atoms with Crippen LogP contribution in [0.4, 0.5) is 5.69 Å². The van der Waals surface area contributed by atoms with Crippen LogP contribution in [0, 0.1) is 6.92 Å². The first-order valence-electron chi connectivity index (χ1n) is 5.50. The Morgan fingerprint density at radius 1 is 1.17 bits per heavy atom. The van der Waals surface area contributed by atoms with Gasteiger partial charge in [0.05, 0.1) is 4.47 Å². The van der Waals surface area contributed by atoms with Crippen molar-refractivity contribution < 1.29 is 4.74 Å². The zero-order valence-corrected chi connectivity index (χ0v) is 13.1. The molecule has 0 atom stereocenters. The van der Waals surface area contributed by atoms with Crippen molar-refractivity contribution in [1.82, 2.24) is 0 Å². The minimum Gasteiger partial charge on any atom is -0.488 e. The first-order chi connectivity index (χ1) is 8.58. The molecule has 2 aromatic rings. The van der Waals surface area contributed by atoms with Gasteiger partial charge in [-0.2, -0.15) is 0 Å². The van der Waals surface area contributed by atoms with Crippen LogP contribution in [-0.2, 0) is 6.61 Å². The second kappa shape index (κ2) is 5.76. The summed E-state index contributed by atoms with van der Waals surface area (Å²) >= 11 is 6.96. The Morgan fingerprint density at radius 3 is 2.67 bits per heavy atom. The molecule has 0 aromatic heterocycles. The summed E-state index contributed by atoms with van der Waals surface area (Å²) in [5.74, 6) is 0.829. The maximum Gasteiger partial charge on any atom is 0.134 e. The van der Waals surface area contributed by atoms with Crippen LogP contribution in [0.25, 0.3) is 0 Å². The van der Waals surface area contributed by atoms with E-state index < -0.39 is 0 Å². The van der Waals surface area contributed by atoms with Gasteiger partial charge in [-0.15, -0.1) is 0 Å². The molecule has 2 rings (SSSR count). The van der Waals surface area contributed by atoms with Gasteiger partial charge in [0.1, 0.15) is 12.4 Å². The molecular weight excluding hydrogens is 358 g/mol. The van der Waals surface area contributed by atoms with Crippen molar-refractivity contribution in [3.8, 4) is 5.75 Å². The first-order valence-corrected chi connectivity index (χ1v) is 7.08. The van der Waals surface area contributed by atoms with E-state index in [1.807, 2.05) is 43.3 Å². The third kappa shape index (κ3) is 3.06. The molecule has 0 radical (unpaired) electrons.